The zero-order chi connectivity index (χ0) is 18.0. The van der Waals surface area contributed by atoms with Gasteiger partial charge in [0.25, 0.3) is 0 Å². The lowest BCUT2D eigenvalue weighted by atomic mass is 10.1. The van der Waals surface area contributed by atoms with Gasteiger partial charge in [-0.1, -0.05) is 23.7 Å². The number of thiazole rings is 1. The molecule has 128 valence electrons. The number of nitrogens with zero attached hydrogens (tertiary/aromatic N) is 1. The Morgan fingerprint density at radius 1 is 1.12 bits per heavy atom. The summed E-state index contributed by atoms with van der Waals surface area (Å²) in [6.45, 7) is 3.87. The minimum absolute atomic E-state index is 0.358. The van der Waals surface area contributed by atoms with Gasteiger partial charge in [-0.25, -0.2) is 14.2 Å². The number of hydrogen-bond acceptors (Lipinski definition) is 3. The van der Waals surface area contributed by atoms with Gasteiger partial charge in [0.1, 0.15) is 5.82 Å². The quantitative estimate of drug-likeness (QED) is 0.602. The van der Waals surface area contributed by atoms with E-state index in [4.69, 9.17) is 11.6 Å². The molecule has 0 unspecified atom stereocenters. The van der Waals surface area contributed by atoms with E-state index in [1.165, 1.54) is 35.6 Å². The molecule has 0 fully saturated rings. The van der Waals surface area contributed by atoms with Gasteiger partial charge in [0.05, 0.1) is 5.69 Å². The van der Waals surface area contributed by atoms with E-state index in [2.05, 4.69) is 15.6 Å². The lowest BCUT2D eigenvalue weighted by Gasteiger charge is -2.05. The van der Waals surface area contributed by atoms with Gasteiger partial charge in [0.15, 0.2) is 5.13 Å². The Labute approximate surface area is 153 Å². The van der Waals surface area contributed by atoms with Crippen molar-refractivity contribution in [2.24, 2.45) is 0 Å². The Morgan fingerprint density at radius 2 is 1.84 bits per heavy atom. The third-order valence-electron chi connectivity index (χ3n) is 3.56. The van der Waals surface area contributed by atoms with Crippen LogP contribution in [0, 0.1) is 19.7 Å². The average Bonchev–Trinajstić information content (AvgIpc) is 2.92. The highest BCUT2D eigenvalue weighted by Crippen LogP contribution is 2.32. The Kier molecular flexibility index (Phi) is 5.01. The van der Waals surface area contributed by atoms with Crippen LogP contribution in [0.3, 0.4) is 0 Å². The maximum atomic E-state index is 12.9. The van der Waals surface area contributed by atoms with Gasteiger partial charge < -0.3 is 5.32 Å². The molecule has 3 aromatic rings. The lowest BCUT2D eigenvalue weighted by molar-refractivity contribution is 0.262. The predicted molar refractivity (Wildman–Crippen MR) is 101 cm³/mol. The summed E-state index contributed by atoms with van der Waals surface area (Å²) in [6, 6.07) is 10.8. The molecule has 0 bridgehead atoms. The molecule has 0 saturated carbocycles. The molecular weight excluding hydrogens is 361 g/mol. The second-order valence-electron chi connectivity index (χ2n) is 5.47. The number of amides is 2. The molecule has 0 spiro atoms. The number of halogens is 2. The van der Waals surface area contributed by atoms with Crippen molar-refractivity contribution in [2.75, 3.05) is 10.6 Å². The first-order chi connectivity index (χ1) is 11.9. The number of aryl methyl sites for hydroxylation is 2. The maximum absolute atomic E-state index is 12.9. The third kappa shape index (κ3) is 4.15. The SMILES string of the molecule is Cc1ccc(-c2nc(NC(=O)Nc3ccc(F)cc3)sc2C)cc1Cl. The van der Waals surface area contributed by atoms with E-state index in [-0.39, 0.29) is 5.82 Å². The molecule has 25 heavy (non-hydrogen) atoms. The molecule has 1 aromatic heterocycles. The van der Waals surface area contributed by atoms with Crippen molar-refractivity contribution >= 4 is 39.8 Å². The van der Waals surface area contributed by atoms with Gasteiger partial charge in [-0.15, -0.1) is 11.3 Å². The first-order valence-corrected chi connectivity index (χ1v) is 8.69. The van der Waals surface area contributed by atoms with Crippen molar-refractivity contribution in [3.63, 3.8) is 0 Å². The summed E-state index contributed by atoms with van der Waals surface area (Å²) in [7, 11) is 0. The second-order valence-corrected chi connectivity index (χ2v) is 7.08. The lowest BCUT2D eigenvalue weighted by Crippen LogP contribution is -2.19. The van der Waals surface area contributed by atoms with Gasteiger partial charge in [-0.05, 0) is 49.7 Å². The highest BCUT2D eigenvalue weighted by molar-refractivity contribution is 7.16. The number of aromatic nitrogens is 1. The molecule has 1 heterocycles. The fraction of sp³-hybridized carbons (Fsp3) is 0.111. The molecule has 0 saturated heterocycles. The topological polar surface area (TPSA) is 54.0 Å². The summed E-state index contributed by atoms with van der Waals surface area (Å²) < 4.78 is 12.9. The average molecular weight is 376 g/mol. The smallest absolute Gasteiger partial charge is 0.308 e. The number of benzene rings is 2. The Balaban J connectivity index is 1.74. The van der Waals surface area contributed by atoms with Crippen LogP contribution in [0.1, 0.15) is 10.4 Å². The van der Waals surface area contributed by atoms with Gasteiger partial charge in [-0.2, -0.15) is 0 Å². The number of carbonyl (C=O) groups excluding carboxylic acids is 1. The van der Waals surface area contributed by atoms with Crippen LogP contribution in [0.4, 0.5) is 20.0 Å². The van der Waals surface area contributed by atoms with Crippen molar-refractivity contribution in [3.8, 4) is 11.3 Å². The molecule has 3 rings (SSSR count). The Bertz CT molecular complexity index is 925. The minimum Gasteiger partial charge on any atom is -0.308 e. The van der Waals surface area contributed by atoms with Crippen LogP contribution in [-0.2, 0) is 0 Å². The van der Waals surface area contributed by atoms with E-state index in [0.29, 0.717) is 15.8 Å². The molecule has 2 amide bonds. The van der Waals surface area contributed by atoms with Crippen molar-refractivity contribution < 1.29 is 9.18 Å². The summed E-state index contributed by atoms with van der Waals surface area (Å²) >= 11 is 7.55. The fourth-order valence-corrected chi connectivity index (χ4v) is 3.26. The molecule has 4 nitrogen and oxygen atoms in total. The van der Waals surface area contributed by atoms with Crippen LogP contribution in [-0.4, -0.2) is 11.0 Å². The minimum atomic E-state index is -0.436. The molecule has 0 atom stereocenters. The van der Waals surface area contributed by atoms with Crippen LogP contribution in [0.2, 0.25) is 5.02 Å². The third-order valence-corrected chi connectivity index (χ3v) is 4.86. The second kappa shape index (κ2) is 7.21. The van der Waals surface area contributed by atoms with Crippen LogP contribution >= 0.6 is 22.9 Å². The van der Waals surface area contributed by atoms with Crippen molar-refractivity contribution in [2.45, 2.75) is 13.8 Å². The molecule has 2 aromatic carbocycles. The monoisotopic (exact) mass is 375 g/mol. The van der Waals surface area contributed by atoms with Crippen LogP contribution in [0.15, 0.2) is 42.5 Å². The van der Waals surface area contributed by atoms with Crippen LogP contribution in [0.25, 0.3) is 11.3 Å². The van der Waals surface area contributed by atoms with Crippen molar-refractivity contribution in [1.29, 1.82) is 0 Å². The normalized spacial score (nSPS) is 10.6. The number of nitrogens with one attached hydrogen (secondary N) is 2. The number of hydrogen-bond donors (Lipinski definition) is 2. The largest absolute Gasteiger partial charge is 0.325 e. The van der Waals surface area contributed by atoms with E-state index in [9.17, 15) is 9.18 Å². The van der Waals surface area contributed by atoms with Crippen LogP contribution < -0.4 is 10.6 Å². The molecule has 0 aliphatic heterocycles. The summed E-state index contributed by atoms with van der Waals surface area (Å²) in [5, 5.41) is 6.47. The summed E-state index contributed by atoms with van der Waals surface area (Å²) in [6.07, 6.45) is 0. The summed E-state index contributed by atoms with van der Waals surface area (Å²) in [4.78, 5) is 17.5. The fourth-order valence-electron chi connectivity index (χ4n) is 2.25. The van der Waals surface area contributed by atoms with Gasteiger partial charge >= 0.3 is 6.03 Å². The van der Waals surface area contributed by atoms with E-state index < -0.39 is 6.03 Å². The maximum Gasteiger partial charge on any atom is 0.325 e. The Hall–Kier alpha value is -2.44. The highest BCUT2D eigenvalue weighted by atomic mass is 35.5. The summed E-state index contributed by atoms with van der Waals surface area (Å²) in [5.74, 6) is -0.358. The predicted octanol–water partition coefficient (Wildman–Crippen LogP) is 5.86. The van der Waals surface area contributed by atoms with Gasteiger partial charge in [-0.3, -0.25) is 5.32 Å². The van der Waals surface area contributed by atoms with Crippen molar-refractivity contribution in [1.82, 2.24) is 4.98 Å². The number of anilines is 2. The molecule has 7 heteroatoms. The first-order valence-electron chi connectivity index (χ1n) is 7.50. The molecule has 0 radical (unpaired) electrons. The molecule has 0 aliphatic carbocycles. The first kappa shape index (κ1) is 17.4. The molecular formula is C18H15ClFN3OS. The Morgan fingerprint density at radius 3 is 2.52 bits per heavy atom. The summed E-state index contributed by atoms with van der Waals surface area (Å²) in [5.41, 5.74) is 3.17. The zero-order valence-corrected chi connectivity index (χ0v) is 15.1. The van der Waals surface area contributed by atoms with E-state index >= 15 is 0 Å². The molecule has 0 aliphatic rings. The standard InChI is InChI=1S/C18H15ClFN3OS/c1-10-3-4-12(9-15(10)19)16-11(2)25-18(22-16)23-17(24)21-14-7-5-13(20)6-8-14/h3-9H,1-2H3,(H2,21,22,23,24). The van der Waals surface area contributed by atoms with E-state index in [1.54, 1.807) is 0 Å². The molecule has 2 N–H and O–H groups in total. The zero-order valence-electron chi connectivity index (χ0n) is 13.6. The number of carbonyl (C=O) groups is 1. The number of urea groups is 1. The van der Waals surface area contributed by atoms with E-state index in [0.717, 1.165) is 21.7 Å². The highest BCUT2D eigenvalue weighted by Gasteiger charge is 2.13. The van der Waals surface area contributed by atoms with Crippen molar-refractivity contribution in [3.05, 3.63) is 63.7 Å². The van der Waals surface area contributed by atoms with E-state index in [1.807, 2.05) is 32.0 Å². The van der Waals surface area contributed by atoms with Crippen LogP contribution in [0.5, 0.6) is 0 Å². The van der Waals surface area contributed by atoms with Gasteiger partial charge in [0, 0.05) is 21.2 Å². The number of rotatable bonds is 3. The van der Waals surface area contributed by atoms with Gasteiger partial charge in [0.2, 0.25) is 0 Å².